The van der Waals surface area contributed by atoms with Crippen molar-refractivity contribution in [1.29, 1.82) is 0 Å². The van der Waals surface area contributed by atoms with Gasteiger partial charge in [0.15, 0.2) is 21.3 Å². The van der Waals surface area contributed by atoms with Gasteiger partial charge in [-0.2, -0.15) is 0 Å². The molecule has 0 saturated carbocycles. The first kappa shape index (κ1) is 14.1. The molecule has 1 aromatic heterocycles. The summed E-state index contributed by atoms with van der Waals surface area (Å²) in [5.74, 6) is -1.04. The van der Waals surface area contributed by atoms with Crippen LogP contribution in [-0.4, -0.2) is 38.0 Å². The number of hydrogen-bond acceptors (Lipinski definition) is 6. The maximum absolute atomic E-state index is 11.7. The van der Waals surface area contributed by atoms with Crippen LogP contribution in [0.15, 0.2) is 33.7 Å². The molecule has 1 aromatic carbocycles. The highest BCUT2D eigenvalue weighted by molar-refractivity contribution is 7.90. The van der Waals surface area contributed by atoms with E-state index in [1.165, 1.54) is 25.3 Å². The lowest BCUT2D eigenvalue weighted by Crippen LogP contribution is -2.01. The minimum absolute atomic E-state index is 0.00854. The minimum atomic E-state index is -3.49. The average molecular weight is 297 g/mol. The zero-order valence-corrected chi connectivity index (χ0v) is 11.5. The molecule has 0 atom stereocenters. The Morgan fingerprint density at radius 3 is 2.60 bits per heavy atom. The van der Waals surface area contributed by atoms with E-state index in [0.717, 1.165) is 6.26 Å². The number of ether oxygens (including phenoxy) is 1. The van der Waals surface area contributed by atoms with E-state index in [-0.39, 0.29) is 22.1 Å². The summed E-state index contributed by atoms with van der Waals surface area (Å²) >= 11 is 0. The first-order chi connectivity index (χ1) is 9.34. The maximum atomic E-state index is 11.7. The third-order valence-corrected chi connectivity index (χ3v) is 3.70. The summed E-state index contributed by atoms with van der Waals surface area (Å²) in [6, 6.07) is 5.66. The Morgan fingerprint density at radius 2 is 2.10 bits per heavy atom. The van der Waals surface area contributed by atoms with Crippen molar-refractivity contribution in [3.05, 3.63) is 30.0 Å². The number of aromatic nitrogens is 1. The summed E-state index contributed by atoms with van der Waals surface area (Å²) in [5, 5.41) is 12.2. The van der Waals surface area contributed by atoms with Crippen LogP contribution in [0, 0.1) is 0 Å². The largest absolute Gasteiger partial charge is 0.495 e. The summed E-state index contributed by atoms with van der Waals surface area (Å²) in [5.41, 5.74) is 0.0437. The fourth-order valence-corrected chi connectivity index (χ4v) is 2.57. The molecular weight excluding hydrogens is 286 g/mol. The predicted octanol–water partition coefficient (Wildman–Crippen LogP) is 1.45. The number of sulfone groups is 1. The van der Waals surface area contributed by atoms with Gasteiger partial charge in [0.2, 0.25) is 0 Å². The van der Waals surface area contributed by atoms with Gasteiger partial charge in [0, 0.05) is 12.3 Å². The van der Waals surface area contributed by atoms with Crippen molar-refractivity contribution in [2.45, 2.75) is 4.90 Å². The number of hydrogen-bond donors (Lipinski definition) is 1. The quantitative estimate of drug-likeness (QED) is 0.910. The predicted molar refractivity (Wildman–Crippen MR) is 68.6 cm³/mol. The molecule has 7 nitrogen and oxygen atoms in total. The molecule has 0 aliphatic heterocycles. The van der Waals surface area contributed by atoms with Crippen LogP contribution in [0.3, 0.4) is 0 Å². The Hall–Kier alpha value is -2.35. The van der Waals surface area contributed by atoms with Gasteiger partial charge in [-0.25, -0.2) is 13.2 Å². The number of carboxylic acid groups (broad SMARTS) is 1. The Balaban J connectivity index is 2.65. The number of benzene rings is 1. The lowest BCUT2D eigenvalue weighted by Gasteiger charge is -2.10. The van der Waals surface area contributed by atoms with Gasteiger partial charge in [-0.15, -0.1) is 0 Å². The molecule has 20 heavy (non-hydrogen) atoms. The van der Waals surface area contributed by atoms with E-state index in [2.05, 4.69) is 5.16 Å². The summed E-state index contributed by atoms with van der Waals surface area (Å²) in [7, 11) is -2.17. The van der Waals surface area contributed by atoms with Crippen molar-refractivity contribution >= 4 is 15.8 Å². The van der Waals surface area contributed by atoms with Crippen molar-refractivity contribution < 1.29 is 27.6 Å². The molecular formula is C12H11NO6S. The van der Waals surface area contributed by atoms with Crippen LogP contribution in [0.5, 0.6) is 5.75 Å². The van der Waals surface area contributed by atoms with E-state index in [4.69, 9.17) is 14.4 Å². The van der Waals surface area contributed by atoms with Gasteiger partial charge in [-0.1, -0.05) is 11.2 Å². The second-order valence-electron chi connectivity index (χ2n) is 3.99. The van der Waals surface area contributed by atoms with Crippen molar-refractivity contribution in [3.8, 4) is 17.1 Å². The molecule has 1 heterocycles. The zero-order chi connectivity index (χ0) is 14.9. The van der Waals surface area contributed by atoms with E-state index in [0.29, 0.717) is 5.56 Å². The van der Waals surface area contributed by atoms with Crippen molar-refractivity contribution in [1.82, 2.24) is 5.16 Å². The minimum Gasteiger partial charge on any atom is -0.495 e. The van der Waals surface area contributed by atoms with Crippen LogP contribution in [0.25, 0.3) is 11.3 Å². The summed E-state index contributed by atoms with van der Waals surface area (Å²) < 4.78 is 33.4. The first-order valence-electron chi connectivity index (χ1n) is 5.42. The molecule has 0 spiro atoms. The van der Waals surface area contributed by atoms with Crippen molar-refractivity contribution in [2.24, 2.45) is 0 Å². The number of carbonyl (C=O) groups is 1. The number of nitrogens with zero attached hydrogens (tertiary/aromatic N) is 1. The van der Waals surface area contributed by atoms with Crippen LogP contribution < -0.4 is 4.74 Å². The molecule has 106 valence electrons. The highest BCUT2D eigenvalue weighted by atomic mass is 32.2. The second-order valence-corrected chi connectivity index (χ2v) is 5.97. The van der Waals surface area contributed by atoms with Crippen molar-refractivity contribution in [3.63, 3.8) is 0 Å². The third kappa shape index (κ3) is 2.50. The number of rotatable bonds is 4. The van der Waals surface area contributed by atoms with E-state index in [9.17, 15) is 13.2 Å². The Morgan fingerprint density at radius 1 is 1.40 bits per heavy atom. The third-order valence-electron chi connectivity index (χ3n) is 2.58. The molecule has 2 aromatic rings. The van der Waals surface area contributed by atoms with Gasteiger partial charge >= 0.3 is 5.97 Å². The Bertz CT molecular complexity index is 762. The highest BCUT2D eigenvalue weighted by Gasteiger charge is 2.21. The van der Waals surface area contributed by atoms with Gasteiger partial charge < -0.3 is 14.4 Å². The molecule has 0 amide bonds. The molecule has 0 aliphatic carbocycles. The van der Waals surface area contributed by atoms with Crippen LogP contribution >= 0.6 is 0 Å². The van der Waals surface area contributed by atoms with Crippen LogP contribution in [0.1, 0.15) is 10.5 Å². The lowest BCUT2D eigenvalue weighted by molar-refractivity contribution is 0.0686. The highest BCUT2D eigenvalue weighted by Crippen LogP contribution is 2.35. The topological polar surface area (TPSA) is 107 Å². The summed E-state index contributed by atoms with van der Waals surface area (Å²) in [6.07, 6.45) is 1.05. The molecule has 0 bridgehead atoms. The molecule has 0 saturated heterocycles. The maximum Gasteiger partial charge on any atom is 0.358 e. The molecule has 0 aliphatic rings. The SMILES string of the molecule is COc1c(-c2cc(C(=O)O)no2)cccc1S(C)(=O)=O. The van der Waals surface area contributed by atoms with Gasteiger partial charge in [0.05, 0.1) is 12.7 Å². The fourth-order valence-electron chi connectivity index (χ4n) is 1.72. The van der Waals surface area contributed by atoms with E-state index >= 15 is 0 Å². The normalized spacial score (nSPS) is 11.3. The van der Waals surface area contributed by atoms with E-state index in [1.54, 1.807) is 6.07 Å². The van der Waals surface area contributed by atoms with Crippen LogP contribution in [0.2, 0.25) is 0 Å². The standard InChI is InChI=1S/C12H11NO6S/c1-18-11-7(4-3-5-10(11)20(2,16)17)9-6-8(12(14)15)13-19-9/h3-6H,1-2H3,(H,14,15). The number of para-hydroxylation sites is 1. The Kier molecular flexibility index (Phi) is 3.49. The smallest absolute Gasteiger partial charge is 0.358 e. The molecule has 0 fully saturated rings. The summed E-state index contributed by atoms with van der Waals surface area (Å²) in [6.45, 7) is 0. The van der Waals surface area contributed by atoms with Crippen LogP contribution in [0.4, 0.5) is 0 Å². The molecule has 0 radical (unpaired) electrons. The molecule has 1 N–H and O–H groups in total. The molecule has 8 heteroatoms. The second kappa shape index (κ2) is 4.97. The lowest BCUT2D eigenvalue weighted by atomic mass is 10.1. The van der Waals surface area contributed by atoms with Gasteiger partial charge in [-0.3, -0.25) is 0 Å². The fraction of sp³-hybridized carbons (Fsp3) is 0.167. The first-order valence-corrected chi connectivity index (χ1v) is 7.31. The van der Waals surface area contributed by atoms with Crippen LogP contribution in [-0.2, 0) is 9.84 Å². The monoisotopic (exact) mass is 297 g/mol. The average Bonchev–Trinajstić information content (AvgIpc) is 2.86. The van der Waals surface area contributed by atoms with Gasteiger partial charge in [0.1, 0.15) is 10.6 Å². The molecule has 2 rings (SSSR count). The number of methoxy groups -OCH3 is 1. The Labute approximate surface area is 114 Å². The number of carboxylic acids is 1. The van der Waals surface area contributed by atoms with Gasteiger partial charge in [-0.05, 0) is 12.1 Å². The molecule has 0 unspecified atom stereocenters. The zero-order valence-electron chi connectivity index (χ0n) is 10.7. The van der Waals surface area contributed by atoms with E-state index < -0.39 is 15.8 Å². The van der Waals surface area contributed by atoms with Crippen molar-refractivity contribution in [2.75, 3.05) is 13.4 Å². The van der Waals surface area contributed by atoms with Gasteiger partial charge in [0.25, 0.3) is 0 Å². The van der Waals surface area contributed by atoms with E-state index in [1.807, 2.05) is 0 Å². The number of aromatic carboxylic acids is 1. The summed E-state index contributed by atoms with van der Waals surface area (Å²) in [4.78, 5) is 10.8.